The third kappa shape index (κ3) is 4.35. The minimum atomic E-state index is -1.02. The smallest absolute Gasteiger partial charge is 0.335 e. The first kappa shape index (κ1) is 17.8. The second-order valence-corrected chi connectivity index (χ2v) is 6.30. The molecular formula is C21H18ClNO3. The van der Waals surface area contributed by atoms with E-state index in [0.29, 0.717) is 11.5 Å². The Kier molecular flexibility index (Phi) is 5.44. The molecule has 0 aliphatic rings. The normalized spacial score (nSPS) is 10.4. The lowest BCUT2D eigenvalue weighted by atomic mass is 10.2. The summed E-state index contributed by atoms with van der Waals surface area (Å²) in [6.07, 6.45) is 0. The Balaban J connectivity index is 1.69. The van der Waals surface area contributed by atoms with Crippen molar-refractivity contribution >= 4 is 23.3 Å². The molecule has 0 amide bonds. The molecule has 0 bridgehead atoms. The number of rotatable bonds is 6. The Morgan fingerprint density at radius 3 is 2.35 bits per heavy atom. The maximum Gasteiger partial charge on any atom is 0.335 e. The molecule has 5 heteroatoms. The first-order valence-electron chi connectivity index (χ1n) is 8.09. The van der Waals surface area contributed by atoms with Crippen molar-refractivity contribution in [3.05, 3.63) is 88.9 Å². The second kappa shape index (κ2) is 7.93. The highest BCUT2D eigenvalue weighted by Crippen LogP contribution is 2.31. The zero-order valence-corrected chi connectivity index (χ0v) is 15.0. The first-order chi connectivity index (χ1) is 12.5. The van der Waals surface area contributed by atoms with E-state index in [1.54, 1.807) is 6.07 Å². The molecule has 0 fully saturated rings. The average molecular weight is 368 g/mol. The highest BCUT2D eigenvalue weighted by Gasteiger charge is 2.09. The van der Waals surface area contributed by atoms with Gasteiger partial charge in [-0.1, -0.05) is 41.9 Å². The SMILES string of the molecule is CN(Cc1ccccc1)c1ccc(Oc2ccc(C(=O)O)cc2Cl)cc1. The number of halogens is 1. The van der Waals surface area contributed by atoms with Gasteiger partial charge >= 0.3 is 5.97 Å². The number of carbonyl (C=O) groups is 1. The Hall–Kier alpha value is -2.98. The van der Waals surface area contributed by atoms with Gasteiger partial charge < -0.3 is 14.7 Å². The van der Waals surface area contributed by atoms with Gasteiger partial charge in [-0.25, -0.2) is 4.79 Å². The Labute approximate surface area is 157 Å². The van der Waals surface area contributed by atoms with Crippen LogP contribution >= 0.6 is 11.6 Å². The van der Waals surface area contributed by atoms with Crippen LogP contribution in [0.1, 0.15) is 15.9 Å². The van der Waals surface area contributed by atoms with Gasteiger partial charge in [-0.05, 0) is 48.0 Å². The quantitative estimate of drug-likeness (QED) is 0.627. The van der Waals surface area contributed by atoms with E-state index in [1.807, 2.05) is 49.5 Å². The van der Waals surface area contributed by atoms with Crippen molar-refractivity contribution in [2.45, 2.75) is 6.54 Å². The van der Waals surface area contributed by atoms with Crippen LogP contribution in [0.4, 0.5) is 5.69 Å². The molecule has 0 aromatic heterocycles. The van der Waals surface area contributed by atoms with E-state index in [-0.39, 0.29) is 10.6 Å². The molecule has 0 aliphatic heterocycles. The van der Waals surface area contributed by atoms with Crippen molar-refractivity contribution in [2.24, 2.45) is 0 Å². The van der Waals surface area contributed by atoms with E-state index < -0.39 is 5.97 Å². The summed E-state index contributed by atoms with van der Waals surface area (Å²) in [6, 6.07) is 22.3. The number of nitrogens with zero attached hydrogens (tertiary/aromatic N) is 1. The zero-order valence-electron chi connectivity index (χ0n) is 14.2. The van der Waals surface area contributed by atoms with Crippen LogP contribution in [0.5, 0.6) is 11.5 Å². The monoisotopic (exact) mass is 367 g/mol. The average Bonchev–Trinajstić information content (AvgIpc) is 2.64. The van der Waals surface area contributed by atoms with E-state index in [2.05, 4.69) is 17.0 Å². The maximum atomic E-state index is 11.0. The number of benzene rings is 3. The van der Waals surface area contributed by atoms with Gasteiger partial charge in [0, 0.05) is 19.3 Å². The Morgan fingerprint density at radius 1 is 1.04 bits per heavy atom. The van der Waals surface area contributed by atoms with Gasteiger partial charge in [0.1, 0.15) is 11.5 Å². The van der Waals surface area contributed by atoms with E-state index in [0.717, 1.165) is 12.2 Å². The van der Waals surface area contributed by atoms with Crippen LogP contribution in [0.3, 0.4) is 0 Å². The summed E-state index contributed by atoms with van der Waals surface area (Å²) in [5.41, 5.74) is 2.43. The molecule has 0 radical (unpaired) electrons. The van der Waals surface area contributed by atoms with E-state index in [9.17, 15) is 4.79 Å². The summed E-state index contributed by atoms with van der Waals surface area (Å²) in [5.74, 6) is 0.0261. The van der Waals surface area contributed by atoms with Gasteiger partial charge in [-0.3, -0.25) is 0 Å². The number of aromatic carboxylic acids is 1. The molecule has 0 atom stereocenters. The van der Waals surface area contributed by atoms with Crippen LogP contribution in [-0.2, 0) is 6.54 Å². The third-order valence-electron chi connectivity index (χ3n) is 3.95. The minimum absolute atomic E-state index is 0.125. The number of hydrogen-bond donors (Lipinski definition) is 1. The topological polar surface area (TPSA) is 49.8 Å². The van der Waals surface area contributed by atoms with E-state index in [1.165, 1.54) is 17.7 Å². The number of hydrogen-bond acceptors (Lipinski definition) is 3. The lowest BCUT2D eigenvalue weighted by Gasteiger charge is -2.20. The first-order valence-corrected chi connectivity index (χ1v) is 8.46. The fraction of sp³-hybridized carbons (Fsp3) is 0.0952. The van der Waals surface area contributed by atoms with Crippen molar-refractivity contribution in [3.63, 3.8) is 0 Å². The molecule has 0 unspecified atom stereocenters. The molecule has 4 nitrogen and oxygen atoms in total. The summed E-state index contributed by atoms with van der Waals surface area (Å²) < 4.78 is 5.75. The molecule has 1 N–H and O–H groups in total. The van der Waals surface area contributed by atoms with E-state index in [4.69, 9.17) is 21.4 Å². The van der Waals surface area contributed by atoms with Crippen LogP contribution in [0, 0.1) is 0 Å². The summed E-state index contributed by atoms with van der Waals surface area (Å²) in [7, 11) is 2.03. The lowest BCUT2D eigenvalue weighted by molar-refractivity contribution is 0.0697. The van der Waals surface area contributed by atoms with Crippen LogP contribution in [-0.4, -0.2) is 18.1 Å². The largest absolute Gasteiger partial charge is 0.478 e. The van der Waals surface area contributed by atoms with Gasteiger partial charge in [-0.2, -0.15) is 0 Å². The molecule has 0 saturated carbocycles. The summed E-state index contributed by atoms with van der Waals surface area (Å²) in [4.78, 5) is 13.1. The van der Waals surface area contributed by atoms with Crippen molar-refractivity contribution in [1.29, 1.82) is 0 Å². The fourth-order valence-electron chi connectivity index (χ4n) is 2.56. The zero-order chi connectivity index (χ0) is 18.5. The molecule has 0 saturated heterocycles. The number of carboxylic acid groups (broad SMARTS) is 1. The van der Waals surface area contributed by atoms with Crippen LogP contribution in [0.2, 0.25) is 5.02 Å². The minimum Gasteiger partial charge on any atom is -0.478 e. The standard InChI is InChI=1S/C21H18ClNO3/c1-23(14-15-5-3-2-4-6-15)17-8-10-18(11-9-17)26-20-12-7-16(21(24)25)13-19(20)22/h2-13H,14H2,1H3,(H,24,25). The molecule has 3 rings (SSSR count). The van der Waals surface area contributed by atoms with Gasteiger partial charge in [0.2, 0.25) is 0 Å². The lowest BCUT2D eigenvalue weighted by Crippen LogP contribution is -2.15. The van der Waals surface area contributed by atoms with Crippen LogP contribution in [0.25, 0.3) is 0 Å². The van der Waals surface area contributed by atoms with Crippen molar-refractivity contribution in [1.82, 2.24) is 0 Å². The predicted molar refractivity (Wildman–Crippen MR) is 103 cm³/mol. The van der Waals surface area contributed by atoms with Crippen LogP contribution in [0.15, 0.2) is 72.8 Å². The summed E-state index contributed by atoms with van der Waals surface area (Å²) in [6.45, 7) is 0.809. The van der Waals surface area contributed by atoms with Crippen molar-refractivity contribution in [2.75, 3.05) is 11.9 Å². The number of ether oxygens (including phenoxy) is 1. The van der Waals surface area contributed by atoms with Gasteiger partial charge in [0.25, 0.3) is 0 Å². The predicted octanol–water partition coefficient (Wildman–Crippen LogP) is 5.47. The number of anilines is 1. The molecule has 0 spiro atoms. The van der Waals surface area contributed by atoms with Crippen molar-refractivity contribution < 1.29 is 14.6 Å². The molecule has 26 heavy (non-hydrogen) atoms. The van der Waals surface area contributed by atoms with Gasteiger partial charge in [0.05, 0.1) is 10.6 Å². The van der Waals surface area contributed by atoms with Crippen LogP contribution < -0.4 is 9.64 Å². The number of carboxylic acids is 1. The van der Waals surface area contributed by atoms with Gasteiger partial charge in [0.15, 0.2) is 0 Å². The Morgan fingerprint density at radius 2 is 1.73 bits per heavy atom. The molecule has 3 aromatic rings. The van der Waals surface area contributed by atoms with Gasteiger partial charge in [-0.15, -0.1) is 0 Å². The maximum absolute atomic E-state index is 11.0. The molecule has 0 aliphatic carbocycles. The summed E-state index contributed by atoms with van der Waals surface area (Å²) >= 11 is 6.10. The second-order valence-electron chi connectivity index (χ2n) is 5.89. The molecular weight excluding hydrogens is 350 g/mol. The Bertz CT molecular complexity index is 895. The van der Waals surface area contributed by atoms with E-state index >= 15 is 0 Å². The third-order valence-corrected chi connectivity index (χ3v) is 4.24. The fourth-order valence-corrected chi connectivity index (χ4v) is 2.78. The van der Waals surface area contributed by atoms with Crippen molar-refractivity contribution in [3.8, 4) is 11.5 Å². The highest BCUT2D eigenvalue weighted by atomic mass is 35.5. The highest BCUT2D eigenvalue weighted by molar-refractivity contribution is 6.32. The summed E-state index contributed by atoms with van der Waals surface area (Å²) in [5, 5.41) is 9.23. The molecule has 132 valence electrons. The molecule has 3 aromatic carbocycles. The molecule has 0 heterocycles.